The van der Waals surface area contributed by atoms with Gasteiger partial charge in [-0.25, -0.2) is 4.98 Å². The van der Waals surface area contributed by atoms with E-state index in [0.29, 0.717) is 5.82 Å². The van der Waals surface area contributed by atoms with Crippen molar-refractivity contribution in [2.24, 2.45) is 0 Å². The molecule has 1 atom stereocenters. The van der Waals surface area contributed by atoms with Crippen molar-refractivity contribution >= 4 is 11.5 Å². The maximum Gasteiger partial charge on any atom is 0.311 e. The fraction of sp³-hybridized carbons (Fsp3) is 0.615. The molecule has 6 heteroatoms. The number of hydrogen-bond donors (Lipinski definition) is 1. The molecule has 1 saturated heterocycles. The van der Waals surface area contributed by atoms with Gasteiger partial charge in [0, 0.05) is 37.4 Å². The van der Waals surface area contributed by atoms with Crippen LogP contribution in [0.1, 0.15) is 24.8 Å². The van der Waals surface area contributed by atoms with Gasteiger partial charge in [-0.3, -0.25) is 15.0 Å². The summed E-state index contributed by atoms with van der Waals surface area (Å²) in [5, 5.41) is 14.3. The van der Waals surface area contributed by atoms with Crippen molar-refractivity contribution in [2.75, 3.05) is 18.4 Å². The Labute approximate surface area is 112 Å². The quantitative estimate of drug-likeness (QED) is 0.663. The molecule has 1 aliphatic heterocycles. The predicted octanol–water partition coefficient (Wildman–Crippen LogP) is 1.95. The molecule has 0 amide bonds. The van der Waals surface area contributed by atoms with Crippen LogP contribution in [0.3, 0.4) is 0 Å². The van der Waals surface area contributed by atoms with Crippen LogP contribution in [0, 0.1) is 17.0 Å². The van der Waals surface area contributed by atoms with Gasteiger partial charge in [-0.15, -0.1) is 0 Å². The third-order valence-electron chi connectivity index (χ3n) is 3.82. The zero-order chi connectivity index (χ0) is 13.4. The number of hydrogen-bond acceptors (Lipinski definition) is 5. The summed E-state index contributed by atoms with van der Waals surface area (Å²) >= 11 is 0. The first-order valence-electron chi connectivity index (χ1n) is 6.75. The molecule has 2 aliphatic rings. The Morgan fingerprint density at radius 2 is 2.26 bits per heavy atom. The first kappa shape index (κ1) is 12.3. The smallest absolute Gasteiger partial charge is 0.311 e. The van der Waals surface area contributed by atoms with Crippen molar-refractivity contribution in [3.8, 4) is 0 Å². The van der Waals surface area contributed by atoms with E-state index in [4.69, 9.17) is 0 Å². The summed E-state index contributed by atoms with van der Waals surface area (Å²) in [7, 11) is 0. The van der Waals surface area contributed by atoms with Crippen LogP contribution in [0.2, 0.25) is 0 Å². The van der Waals surface area contributed by atoms with Gasteiger partial charge >= 0.3 is 5.69 Å². The lowest BCUT2D eigenvalue weighted by molar-refractivity contribution is -0.384. The predicted molar refractivity (Wildman–Crippen MR) is 72.3 cm³/mol. The number of pyridine rings is 1. The van der Waals surface area contributed by atoms with E-state index in [-0.39, 0.29) is 16.7 Å². The Balaban J connectivity index is 1.71. The van der Waals surface area contributed by atoms with Crippen molar-refractivity contribution in [1.82, 2.24) is 9.88 Å². The molecule has 1 unspecified atom stereocenters. The van der Waals surface area contributed by atoms with Crippen molar-refractivity contribution < 1.29 is 4.92 Å². The molecule has 6 nitrogen and oxygen atoms in total. The molecular formula is C13H18N4O2. The van der Waals surface area contributed by atoms with Crippen molar-refractivity contribution in [1.29, 1.82) is 0 Å². The van der Waals surface area contributed by atoms with Gasteiger partial charge in [-0.2, -0.15) is 0 Å². The van der Waals surface area contributed by atoms with Crippen LogP contribution in [0.4, 0.5) is 11.5 Å². The lowest BCUT2D eigenvalue weighted by atomic mass is 10.2. The van der Waals surface area contributed by atoms with Gasteiger partial charge in [-0.1, -0.05) is 0 Å². The molecule has 0 bridgehead atoms. The summed E-state index contributed by atoms with van der Waals surface area (Å²) in [5.41, 5.74) is 0.883. The highest BCUT2D eigenvalue weighted by molar-refractivity contribution is 5.57. The van der Waals surface area contributed by atoms with Crippen LogP contribution in [-0.2, 0) is 0 Å². The van der Waals surface area contributed by atoms with Crippen LogP contribution >= 0.6 is 0 Å². The maximum atomic E-state index is 11.0. The van der Waals surface area contributed by atoms with E-state index < -0.39 is 0 Å². The minimum atomic E-state index is -0.365. The minimum absolute atomic E-state index is 0.0740. The molecule has 1 aromatic heterocycles. The third-order valence-corrected chi connectivity index (χ3v) is 3.82. The van der Waals surface area contributed by atoms with Crippen LogP contribution in [-0.4, -0.2) is 40.0 Å². The standard InChI is InChI=1S/C13H18N4O2/c1-9-6-12(17(18)19)13(14-7-9)15-10-4-5-16(8-10)11-2-3-11/h6-7,10-11H,2-5,8H2,1H3,(H,14,15). The van der Waals surface area contributed by atoms with Crippen LogP contribution in [0.5, 0.6) is 0 Å². The molecule has 0 aromatic carbocycles. The van der Waals surface area contributed by atoms with Gasteiger partial charge in [0.15, 0.2) is 0 Å². The second kappa shape index (κ2) is 4.77. The molecule has 19 heavy (non-hydrogen) atoms. The Morgan fingerprint density at radius 3 is 2.95 bits per heavy atom. The average Bonchev–Trinajstić information content (AvgIpc) is 3.12. The van der Waals surface area contributed by atoms with E-state index in [9.17, 15) is 10.1 Å². The number of nitro groups is 1. The maximum absolute atomic E-state index is 11.0. The second-order valence-electron chi connectivity index (χ2n) is 5.49. The number of likely N-dealkylation sites (tertiary alicyclic amines) is 1. The Hall–Kier alpha value is -1.69. The molecule has 1 aliphatic carbocycles. The molecule has 1 saturated carbocycles. The number of anilines is 1. The zero-order valence-electron chi connectivity index (χ0n) is 11.0. The van der Waals surface area contributed by atoms with Crippen molar-refractivity contribution in [3.63, 3.8) is 0 Å². The fourth-order valence-corrected chi connectivity index (χ4v) is 2.67. The molecule has 2 heterocycles. The van der Waals surface area contributed by atoms with Crippen molar-refractivity contribution in [2.45, 2.75) is 38.3 Å². The van der Waals surface area contributed by atoms with E-state index in [1.165, 1.54) is 12.8 Å². The Kier molecular flexibility index (Phi) is 3.10. The lowest BCUT2D eigenvalue weighted by Crippen LogP contribution is -2.28. The summed E-state index contributed by atoms with van der Waals surface area (Å²) in [6.07, 6.45) is 5.30. The summed E-state index contributed by atoms with van der Waals surface area (Å²) in [6, 6.07) is 2.60. The number of aromatic nitrogens is 1. The van der Waals surface area contributed by atoms with Gasteiger partial charge in [-0.05, 0) is 31.7 Å². The lowest BCUT2D eigenvalue weighted by Gasteiger charge is -2.16. The topological polar surface area (TPSA) is 71.3 Å². The summed E-state index contributed by atoms with van der Waals surface area (Å²) in [6.45, 7) is 3.87. The Bertz CT molecular complexity index is 501. The number of aryl methyl sites for hydroxylation is 1. The monoisotopic (exact) mass is 262 g/mol. The highest BCUT2D eigenvalue weighted by Crippen LogP contribution is 2.31. The van der Waals surface area contributed by atoms with E-state index >= 15 is 0 Å². The zero-order valence-corrected chi connectivity index (χ0v) is 11.0. The highest BCUT2D eigenvalue weighted by Gasteiger charge is 2.35. The normalized spacial score (nSPS) is 23.5. The molecule has 0 radical (unpaired) electrons. The van der Waals surface area contributed by atoms with Gasteiger partial charge in [0.05, 0.1) is 4.92 Å². The number of nitrogens with zero attached hydrogens (tertiary/aromatic N) is 3. The molecule has 102 valence electrons. The number of nitrogens with one attached hydrogen (secondary N) is 1. The molecule has 2 fully saturated rings. The molecular weight excluding hydrogens is 244 g/mol. The Morgan fingerprint density at radius 1 is 1.47 bits per heavy atom. The molecule has 1 aromatic rings. The first-order chi connectivity index (χ1) is 9.13. The summed E-state index contributed by atoms with van der Waals surface area (Å²) in [5.74, 6) is 0.401. The largest absolute Gasteiger partial charge is 0.360 e. The van der Waals surface area contributed by atoms with Crippen LogP contribution < -0.4 is 5.32 Å². The van der Waals surface area contributed by atoms with Gasteiger partial charge in [0.2, 0.25) is 5.82 Å². The van der Waals surface area contributed by atoms with E-state index in [1.54, 1.807) is 12.3 Å². The molecule has 0 spiro atoms. The summed E-state index contributed by atoms with van der Waals surface area (Å²) in [4.78, 5) is 17.3. The van der Waals surface area contributed by atoms with Gasteiger partial charge in [0.1, 0.15) is 0 Å². The third kappa shape index (κ3) is 2.68. The van der Waals surface area contributed by atoms with Crippen molar-refractivity contribution in [3.05, 3.63) is 27.9 Å². The SMILES string of the molecule is Cc1cnc(NC2CCN(C3CC3)C2)c([N+](=O)[O-])c1. The van der Waals surface area contributed by atoms with E-state index in [0.717, 1.165) is 31.1 Å². The van der Waals surface area contributed by atoms with E-state index in [1.807, 2.05) is 6.92 Å². The first-order valence-corrected chi connectivity index (χ1v) is 6.75. The minimum Gasteiger partial charge on any atom is -0.360 e. The number of rotatable bonds is 4. The molecule has 1 N–H and O–H groups in total. The summed E-state index contributed by atoms with van der Waals surface area (Å²) < 4.78 is 0. The van der Waals surface area contributed by atoms with Gasteiger partial charge < -0.3 is 5.32 Å². The second-order valence-corrected chi connectivity index (χ2v) is 5.49. The fourth-order valence-electron chi connectivity index (χ4n) is 2.67. The van der Waals surface area contributed by atoms with Gasteiger partial charge in [0.25, 0.3) is 0 Å². The van der Waals surface area contributed by atoms with Crippen LogP contribution in [0.15, 0.2) is 12.3 Å². The van der Waals surface area contributed by atoms with Crippen LogP contribution in [0.25, 0.3) is 0 Å². The highest BCUT2D eigenvalue weighted by atomic mass is 16.6. The molecule has 3 rings (SSSR count). The average molecular weight is 262 g/mol. The van der Waals surface area contributed by atoms with E-state index in [2.05, 4.69) is 15.2 Å².